The van der Waals surface area contributed by atoms with Crippen molar-refractivity contribution >= 4 is 39.5 Å². The molecule has 576 valence electrons. The minimum Gasteiger partial charge on any atom is -0.462 e. The van der Waals surface area contributed by atoms with Gasteiger partial charge in [-0.3, -0.25) is 37.3 Å². The molecule has 0 aliphatic heterocycles. The Morgan fingerprint density at radius 3 is 0.820 bits per heavy atom. The Kier molecular flexibility index (Phi) is 69.9. The molecule has 3 N–H and O–H groups in total. The van der Waals surface area contributed by atoms with Crippen molar-refractivity contribution in [1.29, 1.82) is 0 Å². The number of unbranched alkanes of at least 4 members (excludes halogenated alkanes) is 29. The quantitative estimate of drug-likeness (QED) is 0.0169. The van der Waals surface area contributed by atoms with Gasteiger partial charge in [0.1, 0.15) is 19.3 Å². The first-order valence-electron chi connectivity index (χ1n) is 39.1. The zero-order chi connectivity index (χ0) is 73.2. The van der Waals surface area contributed by atoms with E-state index >= 15 is 0 Å². The topological polar surface area (TPSA) is 237 Å². The first kappa shape index (κ1) is 95.7. The standard InChI is InChI=1S/C81H140O17P2/c1-5-9-13-17-21-25-29-33-36-37-40-43-46-50-54-58-62-66-79(84)92-72-77(98-81(86)68-64-60-56-52-48-44-39-35-31-27-23-19-15-11-7-3)74-96-100(89,90)94-70-75(82)69-93-99(87,88)95-73-76(97-80(85)67-63-59-55-51-47-41-32-28-24-20-16-12-8-4)71-91-78(83)65-61-57-53-49-45-42-38-34-30-26-22-18-14-10-6-2/h21-23,25-28,32-36,38-40,43,50,54,75-77,82H,5-20,24,29-31,37,41-42,44-49,51-53,55-74H2,1-4H3,(H,87,88)(H,89,90)/b25-21-,26-22-,27-23-,32-28-,36-33-,38-34-,39-35-,43-40-,54-50-/t75-,76-,77-/m1/s1. The molecule has 19 heteroatoms. The molecule has 2 unspecified atom stereocenters. The van der Waals surface area contributed by atoms with Crippen molar-refractivity contribution < 1.29 is 80.2 Å². The molecule has 0 aromatic carbocycles. The Morgan fingerprint density at radius 1 is 0.280 bits per heavy atom. The SMILES string of the molecule is CCCCC/C=C\C/C=C\C/C=C\C/C=C\CCCC(=O)OC[C@H](COP(=O)(O)OC[C@H](O)COP(=O)(O)OC[C@@H](COC(=O)CCCCCCC/C=C\C/C=C\CCCCC)OC(=O)CCCCCCC/C=C\CCCCCC)OC(=O)CCCCCCC/C=C\C/C=C\CCCCC. The fourth-order valence-corrected chi connectivity index (χ4v) is 11.7. The molecular weight excluding hydrogens is 1310 g/mol. The fourth-order valence-electron chi connectivity index (χ4n) is 10.1. The lowest BCUT2D eigenvalue weighted by Gasteiger charge is -2.21. The Bertz CT molecular complexity index is 2320. The normalized spacial score (nSPS) is 14.5. The van der Waals surface area contributed by atoms with Crippen molar-refractivity contribution in [3.05, 3.63) is 109 Å². The van der Waals surface area contributed by atoms with Crippen LogP contribution in [0.2, 0.25) is 0 Å². The van der Waals surface area contributed by atoms with Gasteiger partial charge in [-0.25, -0.2) is 9.13 Å². The van der Waals surface area contributed by atoms with Crippen molar-refractivity contribution in [2.45, 2.75) is 341 Å². The molecule has 0 heterocycles. The maximum absolute atomic E-state index is 13.1. The molecule has 0 amide bonds. The van der Waals surface area contributed by atoms with Crippen molar-refractivity contribution in [2.75, 3.05) is 39.6 Å². The summed E-state index contributed by atoms with van der Waals surface area (Å²) in [5.74, 6) is -2.27. The molecule has 100 heavy (non-hydrogen) atoms. The first-order chi connectivity index (χ1) is 48.7. The van der Waals surface area contributed by atoms with Crippen LogP contribution in [-0.2, 0) is 65.4 Å². The van der Waals surface area contributed by atoms with Gasteiger partial charge in [-0.1, -0.05) is 253 Å². The summed E-state index contributed by atoms with van der Waals surface area (Å²) in [6, 6.07) is 0. The van der Waals surface area contributed by atoms with Gasteiger partial charge < -0.3 is 33.8 Å². The van der Waals surface area contributed by atoms with E-state index in [1.54, 1.807) is 0 Å². The summed E-state index contributed by atoms with van der Waals surface area (Å²) >= 11 is 0. The summed E-state index contributed by atoms with van der Waals surface area (Å²) in [6.45, 7) is 4.69. The summed E-state index contributed by atoms with van der Waals surface area (Å²) in [4.78, 5) is 72.9. The molecule has 0 aromatic rings. The van der Waals surface area contributed by atoms with E-state index in [-0.39, 0.29) is 25.7 Å². The van der Waals surface area contributed by atoms with E-state index in [2.05, 4.69) is 125 Å². The van der Waals surface area contributed by atoms with Crippen molar-refractivity contribution in [2.24, 2.45) is 0 Å². The van der Waals surface area contributed by atoms with Crippen LogP contribution in [0.3, 0.4) is 0 Å². The Hall–Kier alpha value is -4.28. The Balaban J connectivity index is 5.42. The number of hydrogen-bond acceptors (Lipinski definition) is 15. The molecule has 0 bridgehead atoms. The highest BCUT2D eigenvalue weighted by Crippen LogP contribution is 2.45. The van der Waals surface area contributed by atoms with E-state index < -0.39 is 97.5 Å². The number of aliphatic hydroxyl groups excluding tert-OH is 1. The lowest BCUT2D eigenvalue weighted by molar-refractivity contribution is -0.161. The van der Waals surface area contributed by atoms with Gasteiger partial charge in [0.25, 0.3) is 0 Å². The van der Waals surface area contributed by atoms with Crippen LogP contribution >= 0.6 is 15.6 Å². The van der Waals surface area contributed by atoms with Crippen molar-refractivity contribution in [3.63, 3.8) is 0 Å². The van der Waals surface area contributed by atoms with Crippen molar-refractivity contribution in [1.82, 2.24) is 0 Å². The maximum Gasteiger partial charge on any atom is 0.472 e. The van der Waals surface area contributed by atoms with Gasteiger partial charge in [0.15, 0.2) is 12.2 Å². The molecule has 17 nitrogen and oxygen atoms in total. The smallest absolute Gasteiger partial charge is 0.462 e. The molecule has 0 saturated carbocycles. The number of phosphoric acid groups is 2. The highest BCUT2D eigenvalue weighted by Gasteiger charge is 2.30. The third-order valence-corrected chi connectivity index (χ3v) is 18.1. The van der Waals surface area contributed by atoms with Gasteiger partial charge in [0.05, 0.1) is 26.4 Å². The van der Waals surface area contributed by atoms with Gasteiger partial charge in [0, 0.05) is 25.7 Å². The number of aliphatic hydroxyl groups is 1. The molecule has 0 aromatic heterocycles. The predicted octanol–water partition coefficient (Wildman–Crippen LogP) is 22.6. The predicted molar refractivity (Wildman–Crippen MR) is 408 cm³/mol. The molecule has 0 spiro atoms. The molecule has 5 atom stereocenters. The monoisotopic (exact) mass is 1450 g/mol. The number of esters is 4. The van der Waals surface area contributed by atoms with E-state index in [1.807, 2.05) is 12.2 Å². The van der Waals surface area contributed by atoms with Crippen LogP contribution in [0.1, 0.15) is 323 Å². The minimum atomic E-state index is -4.99. The van der Waals surface area contributed by atoms with Gasteiger partial charge in [0.2, 0.25) is 0 Å². The molecule has 0 rings (SSSR count). The third kappa shape index (κ3) is 72.1. The Labute approximate surface area is 607 Å². The molecule has 0 saturated heterocycles. The van der Waals surface area contributed by atoms with E-state index in [1.165, 1.54) is 83.5 Å². The molecular formula is C81H140O17P2. The van der Waals surface area contributed by atoms with Gasteiger partial charge in [-0.15, -0.1) is 0 Å². The third-order valence-electron chi connectivity index (χ3n) is 16.2. The van der Waals surface area contributed by atoms with E-state index in [0.29, 0.717) is 32.1 Å². The maximum atomic E-state index is 13.1. The van der Waals surface area contributed by atoms with Gasteiger partial charge >= 0.3 is 39.5 Å². The van der Waals surface area contributed by atoms with Gasteiger partial charge in [-0.2, -0.15) is 0 Å². The number of rotatable bonds is 73. The summed E-state index contributed by atoms with van der Waals surface area (Å²) in [6.07, 6.45) is 77.9. The average Bonchev–Trinajstić information content (AvgIpc) is 1.06. The second kappa shape index (κ2) is 73.0. The van der Waals surface area contributed by atoms with Crippen LogP contribution in [0.15, 0.2) is 109 Å². The largest absolute Gasteiger partial charge is 0.472 e. The van der Waals surface area contributed by atoms with Crippen LogP contribution in [0.25, 0.3) is 0 Å². The summed E-state index contributed by atoms with van der Waals surface area (Å²) in [5.41, 5.74) is 0. The van der Waals surface area contributed by atoms with E-state index in [9.17, 15) is 43.2 Å². The molecule has 0 aliphatic carbocycles. The van der Waals surface area contributed by atoms with Gasteiger partial charge in [-0.05, 0) is 154 Å². The fraction of sp³-hybridized carbons (Fsp3) is 0.728. The number of carbonyl (C=O) groups is 4. The lowest BCUT2D eigenvalue weighted by Crippen LogP contribution is -2.30. The van der Waals surface area contributed by atoms with Crippen LogP contribution in [0, 0.1) is 0 Å². The summed E-state index contributed by atoms with van der Waals surface area (Å²) in [7, 11) is -9.98. The number of ether oxygens (including phenoxy) is 4. The second-order valence-electron chi connectivity index (χ2n) is 25.9. The minimum absolute atomic E-state index is 0.0659. The van der Waals surface area contributed by atoms with Crippen LogP contribution in [0.5, 0.6) is 0 Å². The summed E-state index contributed by atoms with van der Waals surface area (Å²) < 4.78 is 68.4. The highest BCUT2D eigenvalue weighted by molar-refractivity contribution is 7.47. The highest BCUT2D eigenvalue weighted by atomic mass is 31.2. The van der Waals surface area contributed by atoms with E-state index in [0.717, 1.165) is 154 Å². The average molecular weight is 1450 g/mol. The molecule has 0 radical (unpaired) electrons. The number of allylic oxidation sites excluding steroid dienone is 18. The zero-order valence-electron chi connectivity index (χ0n) is 62.8. The van der Waals surface area contributed by atoms with Crippen LogP contribution in [-0.4, -0.2) is 96.7 Å². The number of phosphoric ester groups is 2. The zero-order valence-corrected chi connectivity index (χ0v) is 64.6. The lowest BCUT2D eigenvalue weighted by atomic mass is 10.1. The van der Waals surface area contributed by atoms with Crippen molar-refractivity contribution in [3.8, 4) is 0 Å². The van der Waals surface area contributed by atoms with Crippen LogP contribution < -0.4 is 0 Å². The Morgan fingerprint density at radius 2 is 0.500 bits per heavy atom. The number of carbonyl (C=O) groups excluding carboxylic acids is 4. The second-order valence-corrected chi connectivity index (χ2v) is 28.8. The van der Waals surface area contributed by atoms with Crippen LogP contribution in [0.4, 0.5) is 0 Å². The molecule has 0 aliphatic rings. The molecule has 0 fully saturated rings. The first-order valence-corrected chi connectivity index (χ1v) is 42.1. The van der Waals surface area contributed by atoms with E-state index in [4.69, 9.17) is 37.0 Å². The summed E-state index contributed by atoms with van der Waals surface area (Å²) in [5, 5.41) is 10.6. The number of hydrogen-bond donors (Lipinski definition) is 3.